The summed E-state index contributed by atoms with van der Waals surface area (Å²) in [4.78, 5) is 0.136. The van der Waals surface area contributed by atoms with Crippen molar-refractivity contribution in [2.45, 2.75) is 9.79 Å². The lowest BCUT2D eigenvalue weighted by Crippen LogP contribution is -2.14. The molecule has 0 radical (unpaired) electrons. The molecule has 0 saturated heterocycles. The predicted octanol–water partition coefficient (Wildman–Crippen LogP) is 3.49. The Labute approximate surface area is 120 Å². The summed E-state index contributed by atoms with van der Waals surface area (Å²) in [6.45, 7) is 0. The summed E-state index contributed by atoms with van der Waals surface area (Å²) < 4.78 is 52.9. The van der Waals surface area contributed by atoms with Crippen LogP contribution in [0.3, 0.4) is 0 Å². The Hall–Kier alpha value is -1.60. The fourth-order valence-electron chi connectivity index (χ4n) is 1.58. The van der Waals surface area contributed by atoms with Gasteiger partial charge in [-0.3, -0.25) is 4.72 Å². The third kappa shape index (κ3) is 3.29. The van der Waals surface area contributed by atoms with Gasteiger partial charge in [-0.15, -0.1) is 11.8 Å². The van der Waals surface area contributed by atoms with E-state index in [0.717, 1.165) is 17.0 Å². The molecule has 0 unspecified atom stereocenters. The van der Waals surface area contributed by atoms with Crippen LogP contribution in [0.25, 0.3) is 0 Å². The van der Waals surface area contributed by atoms with Crippen LogP contribution in [0.15, 0.2) is 52.3 Å². The Morgan fingerprint density at radius 1 is 1.10 bits per heavy atom. The minimum Gasteiger partial charge on any atom is -0.280 e. The molecule has 0 bridgehead atoms. The van der Waals surface area contributed by atoms with Crippen molar-refractivity contribution in [1.29, 1.82) is 0 Å². The van der Waals surface area contributed by atoms with Gasteiger partial charge in [0, 0.05) is 10.6 Å². The monoisotopic (exact) mass is 315 g/mol. The number of benzene rings is 2. The molecule has 1 N–H and O–H groups in total. The lowest BCUT2D eigenvalue weighted by Gasteiger charge is -2.09. The molecule has 20 heavy (non-hydrogen) atoms. The quantitative estimate of drug-likeness (QED) is 0.879. The Morgan fingerprint density at radius 3 is 2.55 bits per heavy atom. The summed E-state index contributed by atoms with van der Waals surface area (Å²) in [5, 5.41) is 0. The molecular weight excluding hydrogens is 304 g/mol. The van der Waals surface area contributed by atoms with Crippen LogP contribution in [0.5, 0.6) is 0 Å². The zero-order valence-electron chi connectivity index (χ0n) is 10.4. The topological polar surface area (TPSA) is 46.2 Å². The van der Waals surface area contributed by atoms with Gasteiger partial charge in [0.25, 0.3) is 10.0 Å². The van der Waals surface area contributed by atoms with Crippen molar-refractivity contribution in [1.82, 2.24) is 0 Å². The van der Waals surface area contributed by atoms with E-state index in [9.17, 15) is 17.2 Å². The van der Waals surface area contributed by atoms with Crippen LogP contribution in [0.1, 0.15) is 0 Å². The molecule has 3 nitrogen and oxygen atoms in total. The van der Waals surface area contributed by atoms with Crippen molar-refractivity contribution in [2.75, 3.05) is 11.0 Å². The van der Waals surface area contributed by atoms with Crippen LogP contribution >= 0.6 is 11.8 Å². The molecule has 0 heterocycles. The smallest absolute Gasteiger partial charge is 0.264 e. The van der Waals surface area contributed by atoms with Crippen molar-refractivity contribution in [3.05, 3.63) is 54.1 Å². The van der Waals surface area contributed by atoms with Gasteiger partial charge in [-0.05, 0) is 42.7 Å². The fourth-order valence-corrected chi connectivity index (χ4v) is 3.18. The van der Waals surface area contributed by atoms with Gasteiger partial charge in [0.1, 0.15) is 16.5 Å². The third-order valence-electron chi connectivity index (χ3n) is 2.50. The van der Waals surface area contributed by atoms with Gasteiger partial charge in [0.2, 0.25) is 0 Å². The van der Waals surface area contributed by atoms with Crippen LogP contribution in [0.2, 0.25) is 0 Å². The molecule has 0 aromatic heterocycles. The molecular formula is C13H11F2NO2S2. The molecule has 2 rings (SSSR count). The van der Waals surface area contributed by atoms with Crippen molar-refractivity contribution in [3.8, 4) is 0 Å². The van der Waals surface area contributed by atoms with E-state index in [-0.39, 0.29) is 0 Å². The minimum absolute atomic E-state index is 0.292. The average molecular weight is 315 g/mol. The van der Waals surface area contributed by atoms with Gasteiger partial charge in [-0.25, -0.2) is 17.2 Å². The zero-order valence-corrected chi connectivity index (χ0v) is 12.1. The number of thioether (sulfide) groups is 1. The molecule has 0 amide bonds. The van der Waals surface area contributed by atoms with E-state index in [0.29, 0.717) is 11.8 Å². The number of hydrogen-bond donors (Lipinski definition) is 1. The molecule has 0 aliphatic rings. The van der Waals surface area contributed by atoms with E-state index >= 15 is 0 Å². The summed E-state index contributed by atoms with van der Waals surface area (Å²) in [5.41, 5.74) is 0.292. The molecule has 0 saturated carbocycles. The van der Waals surface area contributed by atoms with Gasteiger partial charge in [0.05, 0.1) is 0 Å². The second-order valence-corrected chi connectivity index (χ2v) is 6.44. The molecule has 2 aromatic rings. The molecule has 7 heteroatoms. The standard InChI is InChI=1S/C13H11F2NO2S2/c1-19-11-4-2-3-10(8-11)16-20(17,18)13-7-9(14)5-6-12(13)15/h2-8,16H,1H3. The molecule has 0 aliphatic heterocycles. The summed E-state index contributed by atoms with van der Waals surface area (Å²) >= 11 is 1.44. The highest BCUT2D eigenvalue weighted by atomic mass is 32.2. The molecule has 0 fully saturated rings. The molecule has 0 atom stereocenters. The number of sulfonamides is 1. The number of rotatable bonds is 4. The normalized spacial score (nSPS) is 11.3. The van der Waals surface area contributed by atoms with Gasteiger partial charge < -0.3 is 0 Å². The van der Waals surface area contributed by atoms with Crippen molar-refractivity contribution in [2.24, 2.45) is 0 Å². The highest BCUT2D eigenvalue weighted by Gasteiger charge is 2.20. The lowest BCUT2D eigenvalue weighted by molar-refractivity contribution is 0.555. The predicted molar refractivity (Wildman–Crippen MR) is 75.4 cm³/mol. The largest absolute Gasteiger partial charge is 0.280 e. The van der Waals surface area contributed by atoms with E-state index in [1.165, 1.54) is 17.8 Å². The summed E-state index contributed by atoms with van der Waals surface area (Å²) in [5.74, 6) is -1.82. The first-order valence-corrected chi connectivity index (χ1v) is 8.25. The zero-order chi connectivity index (χ0) is 14.8. The van der Waals surface area contributed by atoms with Gasteiger partial charge in [0.15, 0.2) is 0 Å². The van der Waals surface area contributed by atoms with Crippen molar-refractivity contribution in [3.63, 3.8) is 0 Å². The van der Waals surface area contributed by atoms with Gasteiger partial charge in [-0.1, -0.05) is 6.07 Å². The maximum atomic E-state index is 13.5. The number of nitrogens with one attached hydrogen (secondary N) is 1. The van der Waals surface area contributed by atoms with E-state index in [2.05, 4.69) is 4.72 Å². The van der Waals surface area contributed by atoms with Crippen molar-refractivity contribution < 1.29 is 17.2 Å². The van der Waals surface area contributed by atoms with Crippen molar-refractivity contribution >= 4 is 27.5 Å². The van der Waals surface area contributed by atoms with Crippen LogP contribution in [0, 0.1) is 11.6 Å². The first kappa shape index (κ1) is 14.8. The summed E-state index contributed by atoms with van der Waals surface area (Å²) in [6, 6.07) is 8.92. The average Bonchev–Trinajstić information content (AvgIpc) is 2.41. The molecule has 0 spiro atoms. The highest BCUT2D eigenvalue weighted by molar-refractivity contribution is 7.98. The lowest BCUT2D eigenvalue weighted by atomic mass is 10.3. The SMILES string of the molecule is CSc1cccc(NS(=O)(=O)c2cc(F)ccc2F)c1. The van der Waals surface area contributed by atoms with Gasteiger partial charge in [-0.2, -0.15) is 0 Å². The second-order valence-electron chi connectivity index (χ2n) is 3.91. The molecule has 106 valence electrons. The third-order valence-corrected chi connectivity index (χ3v) is 4.63. The fraction of sp³-hybridized carbons (Fsp3) is 0.0769. The highest BCUT2D eigenvalue weighted by Crippen LogP contribution is 2.23. The first-order valence-electron chi connectivity index (χ1n) is 5.54. The Balaban J connectivity index is 2.38. The van der Waals surface area contributed by atoms with E-state index in [1.54, 1.807) is 12.1 Å². The maximum absolute atomic E-state index is 13.5. The summed E-state index contributed by atoms with van der Waals surface area (Å²) in [6.07, 6.45) is 1.85. The molecule has 0 aliphatic carbocycles. The summed E-state index contributed by atoms with van der Waals surface area (Å²) in [7, 11) is -4.17. The maximum Gasteiger partial charge on any atom is 0.264 e. The number of halogens is 2. The van der Waals surface area contributed by atoms with Crippen LogP contribution in [0.4, 0.5) is 14.5 Å². The first-order chi connectivity index (χ1) is 9.42. The Kier molecular flexibility index (Phi) is 4.29. The Morgan fingerprint density at radius 2 is 1.85 bits per heavy atom. The minimum atomic E-state index is -4.17. The second kappa shape index (κ2) is 5.80. The van der Waals surface area contributed by atoms with Gasteiger partial charge >= 0.3 is 0 Å². The van der Waals surface area contributed by atoms with E-state index in [4.69, 9.17) is 0 Å². The Bertz CT molecular complexity index is 733. The number of anilines is 1. The molecule has 2 aromatic carbocycles. The van der Waals surface area contributed by atoms with Crippen LogP contribution in [-0.2, 0) is 10.0 Å². The van der Waals surface area contributed by atoms with Crippen LogP contribution in [-0.4, -0.2) is 14.7 Å². The van der Waals surface area contributed by atoms with Crippen LogP contribution < -0.4 is 4.72 Å². The number of hydrogen-bond acceptors (Lipinski definition) is 3. The van der Waals surface area contributed by atoms with E-state index < -0.39 is 26.6 Å². The van der Waals surface area contributed by atoms with E-state index in [1.807, 2.05) is 12.3 Å².